The zero-order valence-electron chi connectivity index (χ0n) is 15.5. The van der Waals surface area contributed by atoms with Gasteiger partial charge < -0.3 is 24.3 Å². The molecule has 9 nitrogen and oxygen atoms in total. The van der Waals surface area contributed by atoms with Gasteiger partial charge in [-0.1, -0.05) is 0 Å². The number of amides is 3. The molecule has 0 spiro atoms. The van der Waals surface area contributed by atoms with E-state index in [0.717, 1.165) is 12.1 Å². The van der Waals surface area contributed by atoms with Crippen molar-refractivity contribution in [2.45, 2.75) is 6.92 Å². The van der Waals surface area contributed by atoms with Gasteiger partial charge in [-0.3, -0.25) is 14.6 Å². The first kappa shape index (κ1) is 18.9. The van der Waals surface area contributed by atoms with Crippen molar-refractivity contribution in [1.82, 2.24) is 19.7 Å². The molecule has 1 aromatic heterocycles. The Morgan fingerprint density at radius 3 is 2.33 bits per heavy atom. The van der Waals surface area contributed by atoms with Gasteiger partial charge in [0.25, 0.3) is 5.91 Å². The summed E-state index contributed by atoms with van der Waals surface area (Å²) in [5.74, 6) is -0.0694. The Morgan fingerprint density at radius 1 is 1.04 bits per heavy atom. The second kappa shape index (κ2) is 8.70. The molecule has 3 rings (SSSR count). The number of anilines is 1. The maximum Gasteiger partial charge on any atom is 0.409 e. The molecule has 27 heavy (non-hydrogen) atoms. The van der Waals surface area contributed by atoms with E-state index in [1.165, 1.54) is 0 Å². The summed E-state index contributed by atoms with van der Waals surface area (Å²) in [7, 11) is 0. The number of piperazine rings is 2. The molecule has 2 fully saturated rings. The number of carbonyl (C=O) groups is 3. The molecule has 0 saturated carbocycles. The Kier molecular flexibility index (Phi) is 6.10. The van der Waals surface area contributed by atoms with Gasteiger partial charge in [0.1, 0.15) is 0 Å². The first-order chi connectivity index (χ1) is 13.1. The Morgan fingerprint density at radius 2 is 1.70 bits per heavy atom. The van der Waals surface area contributed by atoms with Crippen LogP contribution in [0.5, 0.6) is 0 Å². The summed E-state index contributed by atoms with van der Waals surface area (Å²) in [6.07, 6.45) is 3.85. The highest BCUT2D eigenvalue weighted by Gasteiger charge is 2.24. The number of hydrogen-bond acceptors (Lipinski definition) is 6. The van der Waals surface area contributed by atoms with Gasteiger partial charge >= 0.3 is 6.09 Å². The van der Waals surface area contributed by atoms with Crippen molar-refractivity contribution >= 4 is 24.1 Å². The summed E-state index contributed by atoms with van der Waals surface area (Å²) in [6, 6.07) is 1.85. The lowest BCUT2D eigenvalue weighted by Crippen LogP contribution is -2.49. The molecule has 0 bridgehead atoms. The first-order valence-electron chi connectivity index (χ1n) is 9.22. The van der Waals surface area contributed by atoms with E-state index in [9.17, 15) is 14.4 Å². The smallest absolute Gasteiger partial charge is 0.409 e. The number of carbonyl (C=O) groups excluding carboxylic acids is 3. The fraction of sp³-hybridized carbons (Fsp3) is 0.556. The second-order valence-corrected chi connectivity index (χ2v) is 6.54. The quantitative estimate of drug-likeness (QED) is 0.703. The van der Waals surface area contributed by atoms with E-state index in [0.29, 0.717) is 64.5 Å². The molecule has 2 aliphatic rings. The van der Waals surface area contributed by atoms with Crippen LogP contribution in [0, 0.1) is 0 Å². The van der Waals surface area contributed by atoms with Gasteiger partial charge in [0, 0.05) is 58.6 Å². The average Bonchev–Trinajstić information content (AvgIpc) is 2.73. The van der Waals surface area contributed by atoms with Gasteiger partial charge in [0.15, 0.2) is 0 Å². The van der Waals surface area contributed by atoms with Crippen LogP contribution in [0.2, 0.25) is 0 Å². The molecule has 9 heteroatoms. The van der Waals surface area contributed by atoms with Crippen LogP contribution in [0.1, 0.15) is 17.3 Å². The molecule has 0 N–H and O–H groups in total. The molecule has 0 aliphatic carbocycles. The average molecular weight is 375 g/mol. The summed E-state index contributed by atoms with van der Waals surface area (Å²) >= 11 is 0. The number of rotatable bonds is 4. The third-order valence-electron chi connectivity index (χ3n) is 4.89. The summed E-state index contributed by atoms with van der Waals surface area (Å²) in [5.41, 5.74) is 1.41. The van der Waals surface area contributed by atoms with Crippen LogP contribution < -0.4 is 4.90 Å². The number of hydrogen-bond donors (Lipinski definition) is 0. The SMILES string of the molecule is CCOC(=O)N1CCN(c2cncc(C(=O)N3CCN(C=O)CC3)c2)CC1. The second-order valence-electron chi connectivity index (χ2n) is 6.54. The number of aromatic nitrogens is 1. The Hall–Kier alpha value is -2.84. The maximum absolute atomic E-state index is 12.7. The first-order valence-corrected chi connectivity index (χ1v) is 9.22. The summed E-state index contributed by atoms with van der Waals surface area (Å²) in [5, 5.41) is 0. The molecule has 3 amide bonds. The van der Waals surface area contributed by atoms with E-state index in [-0.39, 0.29) is 12.0 Å². The summed E-state index contributed by atoms with van der Waals surface area (Å²) < 4.78 is 5.04. The summed E-state index contributed by atoms with van der Waals surface area (Å²) in [6.45, 7) is 6.80. The van der Waals surface area contributed by atoms with Gasteiger partial charge in [-0.05, 0) is 13.0 Å². The maximum atomic E-state index is 12.7. The third kappa shape index (κ3) is 4.47. The Labute approximate surface area is 158 Å². The minimum absolute atomic E-state index is 0.0694. The van der Waals surface area contributed by atoms with Crippen molar-refractivity contribution in [1.29, 1.82) is 0 Å². The van der Waals surface area contributed by atoms with Gasteiger partial charge in [0.2, 0.25) is 6.41 Å². The van der Waals surface area contributed by atoms with E-state index in [1.54, 1.807) is 34.0 Å². The van der Waals surface area contributed by atoms with Gasteiger partial charge in [-0.25, -0.2) is 4.79 Å². The lowest BCUT2D eigenvalue weighted by Gasteiger charge is -2.35. The normalized spacial score (nSPS) is 17.7. The zero-order chi connectivity index (χ0) is 19.2. The molecule has 2 saturated heterocycles. The molecular formula is C18H25N5O4. The highest BCUT2D eigenvalue weighted by Crippen LogP contribution is 2.18. The van der Waals surface area contributed by atoms with Crippen LogP contribution in [0.3, 0.4) is 0 Å². The molecule has 146 valence electrons. The van der Waals surface area contributed by atoms with Crippen molar-refractivity contribution in [2.75, 3.05) is 63.9 Å². The lowest BCUT2D eigenvalue weighted by atomic mass is 10.2. The van der Waals surface area contributed by atoms with Crippen LogP contribution in [0.15, 0.2) is 18.5 Å². The molecular weight excluding hydrogens is 350 g/mol. The predicted molar refractivity (Wildman–Crippen MR) is 98.6 cm³/mol. The van der Waals surface area contributed by atoms with E-state index in [2.05, 4.69) is 9.88 Å². The molecule has 0 atom stereocenters. The zero-order valence-corrected chi connectivity index (χ0v) is 15.5. The predicted octanol–water partition coefficient (Wildman–Crippen LogP) is 0.274. The molecule has 3 heterocycles. The van der Waals surface area contributed by atoms with Crippen LogP contribution in [0.25, 0.3) is 0 Å². The lowest BCUT2D eigenvalue weighted by molar-refractivity contribution is -0.119. The van der Waals surface area contributed by atoms with E-state index < -0.39 is 0 Å². The fourth-order valence-corrected chi connectivity index (χ4v) is 3.29. The minimum atomic E-state index is -0.284. The molecule has 1 aromatic rings. The molecule has 2 aliphatic heterocycles. The Bertz CT molecular complexity index is 682. The van der Waals surface area contributed by atoms with Crippen molar-refractivity contribution in [3.63, 3.8) is 0 Å². The number of ether oxygens (including phenoxy) is 1. The highest BCUT2D eigenvalue weighted by molar-refractivity contribution is 5.95. The third-order valence-corrected chi connectivity index (χ3v) is 4.89. The Balaban J connectivity index is 1.60. The monoisotopic (exact) mass is 375 g/mol. The largest absolute Gasteiger partial charge is 0.450 e. The van der Waals surface area contributed by atoms with Gasteiger partial charge in [-0.2, -0.15) is 0 Å². The van der Waals surface area contributed by atoms with E-state index in [1.807, 2.05) is 6.07 Å². The highest BCUT2D eigenvalue weighted by atomic mass is 16.6. The fourth-order valence-electron chi connectivity index (χ4n) is 3.29. The van der Waals surface area contributed by atoms with Crippen molar-refractivity contribution in [2.24, 2.45) is 0 Å². The van der Waals surface area contributed by atoms with Crippen LogP contribution in [-0.4, -0.2) is 97.1 Å². The van der Waals surface area contributed by atoms with E-state index >= 15 is 0 Å². The minimum Gasteiger partial charge on any atom is -0.450 e. The van der Waals surface area contributed by atoms with Crippen LogP contribution >= 0.6 is 0 Å². The van der Waals surface area contributed by atoms with E-state index in [4.69, 9.17) is 4.74 Å². The van der Waals surface area contributed by atoms with Crippen LogP contribution in [-0.2, 0) is 9.53 Å². The topological polar surface area (TPSA) is 86.3 Å². The van der Waals surface area contributed by atoms with Gasteiger partial charge in [-0.15, -0.1) is 0 Å². The standard InChI is InChI=1S/C18H25N5O4/c1-2-27-18(26)23-9-7-21(8-10-23)16-11-15(12-19-13-16)17(25)22-5-3-20(14-24)4-6-22/h11-14H,2-10H2,1H3. The number of nitrogens with zero attached hydrogens (tertiary/aromatic N) is 5. The van der Waals surface area contributed by atoms with Crippen molar-refractivity contribution in [3.05, 3.63) is 24.0 Å². The number of pyridine rings is 1. The molecule has 0 unspecified atom stereocenters. The van der Waals surface area contributed by atoms with Crippen molar-refractivity contribution < 1.29 is 19.1 Å². The molecule has 0 aromatic carbocycles. The molecule has 0 radical (unpaired) electrons. The van der Waals surface area contributed by atoms with Crippen molar-refractivity contribution in [3.8, 4) is 0 Å². The summed E-state index contributed by atoms with van der Waals surface area (Å²) in [4.78, 5) is 46.8. The van der Waals surface area contributed by atoms with Crippen LogP contribution in [0.4, 0.5) is 10.5 Å². The van der Waals surface area contributed by atoms with Gasteiger partial charge in [0.05, 0.1) is 24.1 Å².